The molecule has 5 heteroatoms. The molecule has 2 unspecified atom stereocenters. The highest BCUT2D eigenvalue weighted by Gasteiger charge is 2.51. The average Bonchev–Trinajstić information content (AvgIpc) is 3.28. The lowest BCUT2D eigenvalue weighted by molar-refractivity contribution is -0.152. The van der Waals surface area contributed by atoms with Gasteiger partial charge in [0.1, 0.15) is 6.29 Å². The van der Waals surface area contributed by atoms with Gasteiger partial charge in [-0.25, -0.2) is 0 Å². The second-order valence-electron chi connectivity index (χ2n) is 8.61. The zero-order valence-electron chi connectivity index (χ0n) is 18.1. The minimum absolute atomic E-state index is 0.00566. The number of hydrogen-bond donors (Lipinski definition) is 0. The van der Waals surface area contributed by atoms with Crippen molar-refractivity contribution in [3.05, 3.63) is 82.4 Å². The molecule has 3 nitrogen and oxygen atoms in total. The van der Waals surface area contributed by atoms with E-state index in [0.29, 0.717) is 16.5 Å². The number of carbonyl (C=O) groups excluding carboxylic acids is 2. The van der Waals surface area contributed by atoms with Gasteiger partial charge in [0.2, 0.25) is 5.91 Å². The van der Waals surface area contributed by atoms with Crippen molar-refractivity contribution in [2.24, 2.45) is 5.41 Å². The van der Waals surface area contributed by atoms with E-state index >= 15 is 0 Å². The molecule has 1 aliphatic heterocycles. The van der Waals surface area contributed by atoms with Crippen LogP contribution in [0.5, 0.6) is 0 Å². The maximum Gasteiger partial charge on any atom is 0.229 e. The Balaban J connectivity index is 2.13. The van der Waals surface area contributed by atoms with Gasteiger partial charge >= 0.3 is 0 Å². The molecule has 0 saturated carbocycles. The number of carbonyl (C=O) groups is 2. The second-order valence-corrected chi connectivity index (χ2v) is 9.48. The third-order valence-electron chi connectivity index (χ3n) is 6.37. The summed E-state index contributed by atoms with van der Waals surface area (Å²) >= 11 is 12.5. The molecule has 0 aromatic heterocycles. The van der Waals surface area contributed by atoms with Crippen molar-refractivity contribution < 1.29 is 9.59 Å². The Morgan fingerprint density at radius 1 is 1.35 bits per heavy atom. The number of likely N-dealkylation sites (tertiary alicyclic amines) is 1. The van der Waals surface area contributed by atoms with Crippen LogP contribution in [0.25, 0.3) is 0 Å². The number of nitrogens with zero attached hydrogens (tertiary/aromatic N) is 1. The van der Waals surface area contributed by atoms with Crippen LogP contribution in [0.2, 0.25) is 5.02 Å². The van der Waals surface area contributed by atoms with E-state index in [4.69, 9.17) is 23.2 Å². The van der Waals surface area contributed by atoms with Crippen LogP contribution in [0.15, 0.2) is 71.8 Å². The van der Waals surface area contributed by atoms with Crippen LogP contribution in [0.3, 0.4) is 0 Å². The van der Waals surface area contributed by atoms with Crippen LogP contribution < -0.4 is 0 Å². The molecule has 1 fully saturated rings. The molecule has 1 aromatic rings. The van der Waals surface area contributed by atoms with Crippen molar-refractivity contribution in [3.63, 3.8) is 0 Å². The molecule has 3 rings (SSSR count). The van der Waals surface area contributed by atoms with Crippen molar-refractivity contribution in [1.29, 1.82) is 0 Å². The van der Waals surface area contributed by atoms with E-state index in [9.17, 15) is 9.59 Å². The topological polar surface area (TPSA) is 37.4 Å². The standard InChI is InChI=1S/C26H29Cl2NO2/c1-4-20(27)13-12-18(2)24-23(19-8-7-9-21(28)16-19)17-26(3,14-15-30)25(31)29(24)22-10-5-6-11-22/h4-5,7-10,12-13,15-16,22-24H,2,6,11,14,17H2,1,3H3/b13-12-,20-4+/t22?,23-,24-,26?/m1/s1. The lowest BCUT2D eigenvalue weighted by Crippen LogP contribution is -2.59. The summed E-state index contributed by atoms with van der Waals surface area (Å²) in [6, 6.07) is 7.49. The normalized spacial score (nSPS) is 29.0. The smallest absolute Gasteiger partial charge is 0.229 e. The molecule has 4 atom stereocenters. The maximum absolute atomic E-state index is 13.8. The van der Waals surface area contributed by atoms with E-state index in [2.05, 4.69) is 18.7 Å². The first kappa shape index (κ1) is 23.6. The van der Waals surface area contributed by atoms with Crippen LogP contribution in [0.1, 0.15) is 51.0 Å². The Bertz CT molecular complexity index is 948. The number of rotatable bonds is 7. The Labute approximate surface area is 195 Å². The Morgan fingerprint density at radius 3 is 2.74 bits per heavy atom. The summed E-state index contributed by atoms with van der Waals surface area (Å²) in [6.45, 7) is 8.11. The third-order valence-corrected chi connectivity index (χ3v) is 6.95. The zero-order valence-corrected chi connectivity index (χ0v) is 19.6. The van der Waals surface area contributed by atoms with Gasteiger partial charge in [-0.3, -0.25) is 4.79 Å². The quantitative estimate of drug-likeness (QED) is 0.263. The van der Waals surface area contributed by atoms with Gasteiger partial charge in [0, 0.05) is 22.4 Å². The minimum atomic E-state index is -0.771. The number of amides is 1. The number of hydrogen-bond acceptors (Lipinski definition) is 2. The molecular formula is C26H29Cl2NO2. The van der Waals surface area contributed by atoms with Crippen molar-refractivity contribution in [3.8, 4) is 0 Å². The summed E-state index contributed by atoms with van der Waals surface area (Å²) in [6.07, 6.45) is 13.1. The summed E-state index contributed by atoms with van der Waals surface area (Å²) in [5.41, 5.74) is 1.08. The largest absolute Gasteiger partial charge is 0.328 e. The highest BCUT2D eigenvalue weighted by Crippen LogP contribution is 2.48. The third kappa shape index (κ3) is 5.05. The fourth-order valence-corrected chi connectivity index (χ4v) is 4.99. The molecule has 0 radical (unpaired) electrons. The SMILES string of the molecule is C=C(/C=C\C(Cl)=C/C)[C@@H]1[C@@H](c2cccc(Cl)c2)CC(C)(CC=O)C(=O)N1C1C=CCC1. The molecule has 164 valence electrons. The first-order chi connectivity index (χ1) is 14.8. The van der Waals surface area contributed by atoms with Crippen LogP contribution in [-0.2, 0) is 9.59 Å². The molecule has 1 aliphatic carbocycles. The number of piperidine rings is 1. The predicted octanol–water partition coefficient (Wildman–Crippen LogP) is 6.59. The highest BCUT2D eigenvalue weighted by atomic mass is 35.5. The van der Waals surface area contributed by atoms with Gasteiger partial charge in [-0.15, -0.1) is 0 Å². The van der Waals surface area contributed by atoms with Crippen LogP contribution in [0.4, 0.5) is 0 Å². The number of halogens is 2. The fourth-order valence-electron chi connectivity index (χ4n) is 4.73. The maximum atomic E-state index is 13.8. The lowest BCUT2D eigenvalue weighted by atomic mass is 9.67. The minimum Gasteiger partial charge on any atom is -0.328 e. The number of aldehydes is 1. The summed E-state index contributed by atoms with van der Waals surface area (Å²) in [5.74, 6) is -0.0389. The molecule has 1 amide bonds. The van der Waals surface area contributed by atoms with Gasteiger partial charge in [0.25, 0.3) is 0 Å². The van der Waals surface area contributed by atoms with Gasteiger partial charge in [-0.2, -0.15) is 0 Å². The fraction of sp³-hybridized carbons (Fsp3) is 0.385. The second kappa shape index (κ2) is 10.0. The highest BCUT2D eigenvalue weighted by molar-refractivity contribution is 6.31. The van der Waals surface area contributed by atoms with E-state index in [0.717, 1.165) is 30.3 Å². The van der Waals surface area contributed by atoms with E-state index in [1.54, 1.807) is 0 Å². The monoisotopic (exact) mass is 457 g/mol. The van der Waals surface area contributed by atoms with Crippen molar-refractivity contribution >= 4 is 35.4 Å². The molecule has 0 bridgehead atoms. The Morgan fingerprint density at radius 2 is 2.13 bits per heavy atom. The van der Waals surface area contributed by atoms with E-state index in [-0.39, 0.29) is 30.3 Å². The van der Waals surface area contributed by atoms with E-state index in [1.807, 2.05) is 61.2 Å². The molecule has 0 N–H and O–H groups in total. The molecule has 1 aromatic carbocycles. The van der Waals surface area contributed by atoms with Crippen molar-refractivity contribution in [2.75, 3.05) is 0 Å². The van der Waals surface area contributed by atoms with E-state index < -0.39 is 5.41 Å². The summed E-state index contributed by atoms with van der Waals surface area (Å²) in [5, 5.41) is 1.26. The van der Waals surface area contributed by atoms with Crippen LogP contribution >= 0.6 is 23.2 Å². The number of allylic oxidation sites excluding steroid dienone is 4. The molecular weight excluding hydrogens is 429 g/mol. The summed E-state index contributed by atoms with van der Waals surface area (Å²) in [4.78, 5) is 27.3. The van der Waals surface area contributed by atoms with Gasteiger partial charge in [0.15, 0.2) is 0 Å². The Hall–Kier alpha value is -2.10. The van der Waals surface area contributed by atoms with Crippen LogP contribution in [0, 0.1) is 5.41 Å². The predicted molar refractivity (Wildman–Crippen MR) is 128 cm³/mol. The first-order valence-electron chi connectivity index (χ1n) is 10.7. The molecule has 1 heterocycles. The molecule has 2 aliphatic rings. The Kier molecular flexibility index (Phi) is 7.61. The van der Waals surface area contributed by atoms with Crippen molar-refractivity contribution in [1.82, 2.24) is 4.90 Å². The summed E-state index contributed by atoms with van der Waals surface area (Å²) < 4.78 is 0. The molecule has 31 heavy (non-hydrogen) atoms. The molecule has 0 spiro atoms. The molecule has 1 saturated heterocycles. The number of benzene rings is 1. The van der Waals surface area contributed by atoms with E-state index in [1.165, 1.54) is 0 Å². The van der Waals surface area contributed by atoms with Gasteiger partial charge in [0.05, 0.1) is 17.5 Å². The zero-order chi connectivity index (χ0) is 22.6. The van der Waals surface area contributed by atoms with Crippen LogP contribution in [-0.4, -0.2) is 29.2 Å². The van der Waals surface area contributed by atoms with Gasteiger partial charge in [-0.05, 0) is 55.5 Å². The van der Waals surface area contributed by atoms with Crippen molar-refractivity contribution in [2.45, 2.75) is 57.5 Å². The lowest BCUT2D eigenvalue weighted by Gasteiger charge is -2.51. The summed E-state index contributed by atoms with van der Waals surface area (Å²) in [7, 11) is 0. The first-order valence-corrected chi connectivity index (χ1v) is 11.4. The van der Waals surface area contributed by atoms with Gasteiger partial charge < -0.3 is 9.69 Å². The van der Waals surface area contributed by atoms with Gasteiger partial charge in [-0.1, -0.05) is 73.1 Å². The average molecular weight is 458 g/mol.